The average Bonchev–Trinajstić information content (AvgIpc) is 3.10. The van der Waals surface area contributed by atoms with Crippen LogP contribution in [0.3, 0.4) is 0 Å². The molecule has 2 aliphatic rings. The fourth-order valence-corrected chi connectivity index (χ4v) is 4.88. The van der Waals surface area contributed by atoms with E-state index in [0.717, 1.165) is 10.5 Å². The van der Waals surface area contributed by atoms with Crippen molar-refractivity contribution in [1.82, 2.24) is 0 Å². The molecular weight excluding hydrogens is 492 g/mol. The Morgan fingerprint density at radius 1 is 1.19 bits per heavy atom. The molecule has 0 radical (unpaired) electrons. The Kier molecular flexibility index (Phi) is 7.30. The quantitative estimate of drug-likeness (QED) is 0.237. The molecule has 2 amide bonds. The van der Waals surface area contributed by atoms with Crippen LogP contribution in [0.15, 0.2) is 65.7 Å². The standard InChI is InChI=1S/C28H28N2O6S/c1-27(2,3)36-24(31)22-14-19(29-17-37)12-13-28(22)21-15-20(34-4)10-11-23(21)30(25(28)32)26(33)35-16-18-8-6-5-7-9-18/h5-13,15,19,22H,14,16H2,1-4H3/t19-,22-,28-/m1/s1. The first-order chi connectivity index (χ1) is 17.6. The van der Waals surface area contributed by atoms with Gasteiger partial charge < -0.3 is 14.2 Å². The number of amides is 2. The number of carbonyl (C=O) groups excluding carboxylic acids is 3. The summed E-state index contributed by atoms with van der Waals surface area (Å²) >= 11 is 4.77. The number of esters is 1. The number of benzene rings is 2. The van der Waals surface area contributed by atoms with Gasteiger partial charge in [-0.3, -0.25) is 9.59 Å². The minimum atomic E-state index is -1.52. The van der Waals surface area contributed by atoms with Gasteiger partial charge in [0.25, 0.3) is 5.91 Å². The number of ether oxygens (including phenoxy) is 3. The van der Waals surface area contributed by atoms with Gasteiger partial charge in [0, 0.05) is 5.56 Å². The highest BCUT2D eigenvalue weighted by molar-refractivity contribution is 7.78. The summed E-state index contributed by atoms with van der Waals surface area (Å²) in [6.07, 6.45) is 2.63. The van der Waals surface area contributed by atoms with Crippen LogP contribution >= 0.6 is 12.2 Å². The van der Waals surface area contributed by atoms with Crippen molar-refractivity contribution < 1.29 is 28.6 Å². The van der Waals surface area contributed by atoms with Crippen LogP contribution in [0.4, 0.5) is 10.5 Å². The van der Waals surface area contributed by atoms with Gasteiger partial charge in [0.05, 0.1) is 29.9 Å². The van der Waals surface area contributed by atoms with Gasteiger partial charge >= 0.3 is 12.1 Å². The number of thiocarbonyl (C=S) groups is 1. The van der Waals surface area contributed by atoms with Crippen LogP contribution in [0.1, 0.15) is 38.3 Å². The fourth-order valence-electron chi connectivity index (χ4n) is 4.74. The zero-order chi connectivity index (χ0) is 26.8. The van der Waals surface area contributed by atoms with Gasteiger partial charge in [0.2, 0.25) is 0 Å². The number of hydrogen-bond donors (Lipinski definition) is 0. The first-order valence-corrected chi connectivity index (χ1v) is 12.2. The van der Waals surface area contributed by atoms with E-state index in [2.05, 4.69) is 10.2 Å². The lowest BCUT2D eigenvalue weighted by molar-refractivity contribution is -0.164. The first-order valence-electron chi connectivity index (χ1n) is 11.8. The highest BCUT2D eigenvalue weighted by Gasteiger charge is 2.60. The number of carbonyl (C=O) groups is 3. The number of anilines is 1. The number of fused-ring (bicyclic) bond motifs is 2. The molecule has 1 aliphatic heterocycles. The molecule has 2 aromatic carbocycles. The molecule has 0 saturated carbocycles. The molecule has 4 rings (SSSR count). The third-order valence-electron chi connectivity index (χ3n) is 6.35. The molecule has 0 saturated heterocycles. The van der Waals surface area contributed by atoms with E-state index in [1.807, 2.05) is 30.3 Å². The van der Waals surface area contributed by atoms with Crippen molar-refractivity contribution in [2.75, 3.05) is 12.0 Å². The highest BCUT2D eigenvalue weighted by atomic mass is 32.1. The molecular formula is C28H28N2O6S. The van der Waals surface area contributed by atoms with Crippen molar-refractivity contribution in [3.8, 4) is 5.75 Å². The number of aliphatic imine (C=N–C) groups is 1. The van der Waals surface area contributed by atoms with E-state index in [4.69, 9.17) is 26.4 Å². The molecule has 1 aliphatic carbocycles. The zero-order valence-electron chi connectivity index (χ0n) is 21.1. The van der Waals surface area contributed by atoms with Gasteiger partial charge in [-0.25, -0.2) is 14.7 Å². The Morgan fingerprint density at radius 3 is 2.57 bits per heavy atom. The number of isothiocyanates is 1. The summed E-state index contributed by atoms with van der Waals surface area (Å²) in [5.41, 5.74) is -0.775. The minimum absolute atomic E-state index is 0.0151. The fraction of sp³-hybridized carbons (Fsp3) is 0.357. The second kappa shape index (κ2) is 10.3. The van der Waals surface area contributed by atoms with Crippen molar-refractivity contribution in [1.29, 1.82) is 0 Å². The van der Waals surface area contributed by atoms with E-state index in [9.17, 15) is 14.4 Å². The van der Waals surface area contributed by atoms with E-state index in [1.54, 1.807) is 51.1 Å². The smallest absolute Gasteiger partial charge is 0.421 e. The number of rotatable bonds is 5. The van der Waals surface area contributed by atoms with Crippen LogP contribution < -0.4 is 9.64 Å². The molecule has 0 bridgehead atoms. The molecule has 3 atom stereocenters. The SMILES string of the molecule is COc1ccc2c(c1)[C@@]1(C=C[C@@H](N=C=S)C[C@@H]1C(=O)OC(C)(C)C)C(=O)N2C(=O)OCc1ccccc1. The van der Waals surface area contributed by atoms with Crippen molar-refractivity contribution in [2.24, 2.45) is 10.9 Å². The molecule has 1 spiro atoms. The molecule has 37 heavy (non-hydrogen) atoms. The molecule has 8 nitrogen and oxygen atoms in total. The summed E-state index contributed by atoms with van der Waals surface area (Å²) in [6.45, 7) is 5.25. The van der Waals surface area contributed by atoms with Crippen molar-refractivity contribution in [3.63, 3.8) is 0 Å². The van der Waals surface area contributed by atoms with Crippen LogP contribution in [0.5, 0.6) is 5.75 Å². The lowest BCUT2D eigenvalue weighted by Crippen LogP contribution is -2.52. The summed E-state index contributed by atoms with van der Waals surface area (Å²) in [5, 5.41) is 2.35. The van der Waals surface area contributed by atoms with Gasteiger partial charge in [-0.05, 0) is 63.2 Å². The topological polar surface area (TPSA) is 94.5 Å². The third-order valence-corrected chi connectivity index (χ3v) is 6.46. The summed E-state index contributed by atoms with van der Waals surface area (Å²) in [4.78, 5) is 46.2. The highest BCUT2D eigenvalue weighted by Crippen LogP contribution is 2.52. The Hall–Kier alpha value is -3.81. The third kappa shape index (κ3) is 5.05. The average molecular weight is 521 g/mol. The molecule has 9 heteroatoms. The van der Waals surface area contributed by atoms with Gasteiger partial charge in [-0.1, -0.05) is 42.5 Å². The van der Waals surface area contributed by atoms with E-state index < -0.39 is 40.9 Å². The predicted octanol–water partition coefficient (Wildman–Crippen LogP) is 5.01. The van der Waals surface area contributed by atoms with Crippen LogP contribution in [-0.2, 0) is 31.1 Å². The van der Waals surface area contributed by atoms with E-state index in [-0.39, 0.29) is 13.0 Å². The molecule has 0 unspecified atom stereocenters. The van der Waals surface area contributed by atoms with Crippen LogP contribution in [0.2, 0.25) is 0 Å². The number of nitrogens with zero attached hydrogens (tertiary/aromatic N) is 2. The van der Waals surface area contributed by atoms with Crippen molar-refractivity contribution >= 4 is 41.0 Å². The minimum Gasteiger partial charge on any atom is -0.497 e. The predicted molar refractivity (Wildman–Crippen MR) is 141 cm³/mol. The Bertz CT molecular complexity index is 1300. The summed E-state index contributed by atoms with van der Waals surface area (Å²) in [5.74, 6) is -1.70. The van der Waals surface area contributed by atoms with Crippen LogP contribution in [0.25, 0.3) is 0 Å². The lowest BCUT2D eigenvalue weighted by atomic mass is 9.65. The molecule has 2 aromatic rings. The number of methoxy groups -OCH3 is 1. The largest absolute Gasteiger partial charge is 0.497 e. The van der Waals surface area contributed by atoms with Gasteiger partial charge in [-0.2, -0.15) is 0 Å². The first kappa shape index (κ1) is 26.3. The van der Waals surface area contributed by atoms with Crippen molar-refractivity contribution in [2.45, 2.75) is 50.9 Å². The van der Waals surface area contributed by atoms with E-state index >= 15 is 0 Å². The van der Waals surface area contributed by atoms with Crippen molar-refractivity contribution in [3.05, 3.63) is 71.8 Å². The molecule has 192 valence electrons. The van der Waals surface area contributed by atoms with E-state index in [0.29, 0.717) is 17.0 Å². The Labute approximate surface area is 220 Å². The summed E-state index contributed by atoms with van der Waals surface area (Å²) in [7, 11) is 1.50. The molecule has 0 fully saturated rings. The maximum absolute atomic E-state index is 14.2. The zero-order valence-corrected chi connectivity index (χ0v) is 21.9. The van der Waals surface area contributed by atoms with Gasteiger partial charge in [-0.15, -0.1) is 0 Å². The normalized spacial score (nSPS) is 22.3. The summed E-state index contributed by atoms with van der Waals surface area (Å²) < 4.78 is 16.7. The number of hydrogen-bond acceptors (Lipinski definition) is 8. The van der Waals surface area contributed by atoms with E-state index in [1.165, 1.54) is 7.11 Å². The van der Waals surface area contributed by atoms with Crippen LogP contribution in [0, 0.1) is 5.92 Å². The van der Waals surface area contributed by atoms with Gasteiger partial charge in [0.1, 0.15) is 23.4 Å². The Morgan fingerprint density at radius 2 is 1.92 bits per heavy atom. The summed E-state index contributed by atoms with van der Waals surface area (Å²) in [6, 6.07) is 13.6. The second-order valence-corrected chi connectivity index (χ2v) is 10.1. The number of imide groups is 1. The maximum atomic E-state index is 14.2. The second-order valence-electron chi connectivity index (χ2n) is 9.90. The molecule has 0 N–H and O–H groups in total. The molecule has 0 aromatic heterocycles. The Balaban J connectivity index is 1.81. The van der Waals surface area contributed by atoms with Gasteiger partial charge in [0.15, 0.2) is 0 Å². The monoisotopic (exact) mass is 520 g/mol. The maximum Gasteiger partial charge on any atom is 0.421 e. The lowest BCUT2D eigenvalue weighted by Gasteiger charge is -2.38. The molecule has 1 heterocycles. The van der Waals surface area contributed by atoms with Crippen LogP contribution in [-0.4, -0.2) is 41.9 Å².